The Balaban J connectivity index is 1.79. The SMILES string of the molecule is CCN(Cc1coc(-c2ccccc2C(F)(F)F)n1)C(C)C(O)c1ccccc1. The molecule has 3 rings (SSSR count). The van der Waals surface area contributed by atoms with Crippen molar-refractivity contribution in [3.63, 3.8) is 0 Å². The number of likely N-dealkylation sites (N-methyl/N-ethyl adjacent to an activating group) is 1. The summed E-state index contributed by atoms with van der Waals surface area (Å²) in [6, 6.07) is 14.3. The highest BCUT2D eigenvalue weighted by atomic mass is 19.4. The number of aromatic nitrogens is 1. The van der Waals surface area contributed by atoms with Gasteiger partial charge in [-0.2, -0.15) is 13.2 Å². The second-order valence-corrected chi connectivity index (χ2v) is 6.85. The molecule has 0 saturated carbocycles. The molecule has 0 amide bonds. The van der Waals surface area contributed by atoms with E-state index >= 15 is 0 Å². The summed E-state index contributed by atoms with van der Waals surface area (Å²) in [7, 11) is 0. The number of alkyl halides is 3. The van der Waals surface area contributed by atoms with E-state index in [0.717, 1.165) is 11.6 Å². The summed E-state index contributed by atoms with van der Waals surface area (Å²) in [5, 5.41) is 10.7. The maximum absolute atomic E-state index is 13.3. The maximum atomic E-state index is 13.3. The van der Waals surface area contributed by atoms with Crippen LogP contribution in [-0.4, -0.2) is 27.6 Å². The highest BCUT2D eigenvalue weighted by molar-refractivity contribution is 5.59. The number of nitrogens with zero attached hydrogens (tertiary/aromatic N) is 2. The lowest BCUT2D eigenvalue weighted by Crippen LogP contribution is -2.37. The minimum atomic E-state index is -4.49. The lowest BCUT2D eigenvalue weighted by molar-refractivity contribution is -0.137. The van der Waals surface area contributed by atoms with Gasteiger partial charge in [-0.25, -0.2) is 4.98 Å². The third-order valence-corrected chi connectivity index (χ3v) is 4.96. The van der Waals surface area contributed by atoms with Crippen molar-refractivity contribution in [3.05, 3.63) is 77.7 Å². The van der Waals surface area contributed by atoms with Crippen molar-refractivity contribution in [2.45, 2.75) is 38.7 Å². The van der Waals surface area contributed by atoms with Crippen molar-refractivity contribution in [1.82, 2.24) is 9.88 Å². The Morgan fingerprint density at radius 3 is 2.38 bits per heavy atom. The van der Waals surface area contributed by atoms with E-state index in [9.17, 15) is 18.3 Å². The summed E-state index contributed by atoms with van der Waals surface area (Å²) in [4.78, 5) is 6.26. The van der Waals surface area contributed by atoms with Gasteiger partial charge in [0.25, 0.3) is 0 Å². The molecule has 1 N–H and O–H groups in total. The second kappa shape index (κ2) is 8.80. The van der Waals surface area contributed by atoms with Crippen LogP contribution in [0.4, 0.5) is 13.2 Å². The fourth-order valence-corrected chi connectivity index (χ4v) is 3.30. The van der Waals surface area contributed by atoms with E-state index in [4.69, 9.17) is 4.42 Å². The van der Waals surface area contributed by atoms with Crippen LogP contribution in [0.25, 0.3) is 11.5 Å². The highest BCUT2D eigenvalue weighted by Gasteiger charge is 2.34. The van der Waals surface area contributed by atoms with Crippen LogP contribution in [0.1, 0.15) is 36.8 Å². The van der Waals surface area contributed by atoms with Crippen molar-refractivity contribution < 1.29 is 22.7 Å². The Kier molecular flexibility index (Phi) is 6.39. The Hall–Kier alpha value is -2.64. The van der Waals surface area contributed by atoms with Crippen LogP contribution in [0.2, 0.25) is 0 Å². The van der Waals surface area contributed by atoms with E-state index in [0.29, 0.717) is 18.8 Å². The summed E-state index contributed by atoms with van der Waals surface area (Å²) in [5.74, 6) is -0.0692. The lowest BCUT2D eigenvalue weighted by Gasteiger charge is -2.31. The van der Waals surface area contributed by atoms with Gasteiger partial charge in [0.2, 0.25) is 5.89 Å². The Morgan fingerprint density at radius 2 is 1.72 bits per heavy atom. The molecule has 0 spiro atoms. The van der Waals surface area contributed by atoms with Gasteiger partial charge in [-0.05, 0) is 31.2 Å². The van der Waals surface area contributed by atoms with Gasteiger partial charge in [0, 0.05) is 18.2 Å². The van der Waals surface area contributed by atoms with E-state index < -0.39 is 17.8 Å². The molecule has 0 saturated heterocycles. The van der Waals surface area contributed by atoms with Crippen LogP contribution in [0.15, 0.2) is 65.3 Å². The molecule has 2 aromatic carbocycles. The number of halogens is 3. The molecule has 0 bridgehead atoms. The zero-order valence-electron chi connectivity index (χ0n) is 16.2. The molecule has 29 heavy (non-hydrogen) atoms. The van der Waals surface area contributed by atoms with Crippen LogP contribution in [-0.2, 0) is 12.7 Å². The van der Waals surface area contributed by atoms with Crippen molar-refractivity contribution in [2.75, 3.05) is 6.54 Å². The number of hydrogen-bond acceptors (Lipinski definition) is 4. The monoisotopic (exact) mass is 404 g/mol. The molecular formula is C22H23F3N2O2. The van der Waals surface area contributed by atoms with Crippen LogP contribution in [0, 0.1) is 0 Å². The molecule has 1 heterocycles. The molecular weight excluding hydrogens is 381 g/mol. The van der Waals surface area contributed by atoms with Gasteiger partial charge < -0.3 is 9.52 Å². The van der Waals surface area contributed by atoms with Gasteiger partial charge in [-0.3, -0.25) is 4.90 Å². The number of benzene rings is 2. The summed E-state index contributed by atoms with van der Waals surface area (Å²) in [5.41, 5.74) is 0.435. The van der Waals surface area contributed by atoms with Crippen LogP contribution < -0.4 is 0 Å². The van der Waals surface area contributed by atoms with Crippen molar-refractivity contribution in [1.29, 1.82) is 0 Å². The maximum Gasteiger partial charge on any atom is 0.417 e. The average molecular weight is 404 g/mol. The van der Waals surface area contributed by atoms with Gasteiger partial charge >= 0.3 is 6.18 Å². The normalized spacial score (nSPS) is 14.2. The smallest absolute Gasteiger partial charge is 0.417 e. The number of aliphatic hydroxyl groups excluding tert-OH is 1. The zero-order chi connectivity index (χ0) is 21.0. The molecule has 0 aliphatic carbocycles. The molecule has 0 radical (unpaired) electrons. The minimum absolute atomic E-state index is 0.0692. The number of rotatable bonds is 7. The van der Waals surface area contributed by atoms with Gasteiger partial charge in [0.05, 0.1) is 17.4 Å². The zero-order valence-corrected chi connectivity index (χ0v) is 16.2. The van der Waals surface area contributed by atoms with Crippen LogP contribution in [0.5, 0.6) is 0 Å². The van der Waals surface area contributed by atoms with E-state index in [2.05, 4.69) is 4.98 Å². The van der Waals surface area contributed by atoms with E-state index in [-0.39, 0.29) is 17.5 Å². The summed E-state index contributed by atoms with van der Waals surface area (Å²) >= 11 is 0. The Bertz CT molecular complexity index is 925. The number of hydrogen-bond donors (Lipinski definition) is 1. The predicted octanol–water partition coefficient (Wildman–Crippen LogP) is 5.30. The molecule has 4 nitrogen and oxygen atoms in total. The van der Waals surface area contributed by atoms with E-state index in [1.165, 1.54) is 24.5 Å². The van der Waals surface area contributed by atoms with Crippen LogP contribution in [0.3, 0.4) is 0 Å². The fraction of sp³-hybridized carbons (Fsp3) is 0.318. The molecule has 2 atom stereocenters. The first-order valence-corrected chi connectivity index (χ1v) is 9.39. The molecule has 3 aromatic rings. The Labute approximate surface area is 167 Å². The molecule has 7 heteroatoms. The summed E-state index contributed by atoms with van der Waals surface area (Å²) in [6.07, 6.45) is -3.82. The first kappa shape index (κ1) is 21.1. The average Bonchev–Trinajstić information content (AvgIpc) is 3.19. The van der Waals surface area contributed by atoms with Gasteiger partial charge in [-0.1, -0.05) is 49.4 Å². The first-order valence-electron chi connectivity index (χ1n) is 9.39. The largest absolute Gasteiger partial charge is 0.444 e. The fourth-order valence-electron chi connectivity index (χ4n) is 3.30. The third kappa shape index (κ3) is 4.86. The molecule has 0 fully saturated rings. The first-order chi connectivity index (χ1) is 13.8. The van der Waals surface area contributed by atoms with Gasteiger partial charge in [-0.15, -0.1) is 0 Å². The van der Waals surface area contributed by atoms with E-state index in [1.807, 2.05) is 49.1 Å². The number of oxazole rings is 1. The molecule has 0 aliphatic rings. The van der Waals surface area contributed by atoms with Gasteiger partial charge in [0.15, 0.2) is 0 Å². The third-order valence-electron chi connectivity index (χ3n) is 4.96. The molecule has 0 aliphatic heterocycles. The van der Waals surface area contributed by atoms with Crippen molar-refractivity contribution >= 4 is 0 Å². The van der Waals surface area contributed by atoms with Crippen molar-refractivity contribution in [3.8, 4) is 11.5 Å². The quantitative estimate of drug-likeness (QED) is 0.580. The van der Waals surface area contributed by atoms with Gasteiger partial charge in [0.1, 0.15) is 6.26 Å². The molecule has 154 valence electrons. The van der Waals surface area contributed by atoms with Crippen molar-refractivity contribution in [2.24, 2.45) is 0 Å². The lowest BCUT2D eigenvalue weighted by atomic mass is 10.0. The summed E-state index contributed by atoms with van der Waals surface area (Å²) in [6.45, 7) is 4.83. The standard InChI is InChI=1S/C22H23F3N2O2/c1-3-27(15(2)20(28)16-9-5-4-6-10-16)13-17-14-29-21(26-17)18-11-7-8-12-19(18)22(23,24)25/h4-12,14-15,20,28H,3,13H2,1-2H3. The molecule has 2 unspecified atom stereocenters. The Morgan fingerprint density at radius 1 is 1.07 bits per heavy atom. The second-order valence-electron chi connectivity index (χ2n) is 6.85. The topological polar surface area (TPSA) is 49.5 Å². The highest BCUT2D eigenvalue weighted by Crippen LogP contribution is 2.36. The number of aliphatic hydroxyl groups is 1. The van der Waals surface area contributed by atoms with E-state index in [1.54, 1.807) is 0 Å². The molecule has 1 aromatic heterocycles. The minimum Gasteiger partial charge on any atom is -0.444 e. The van der Waals surface area contributed by atoms with Crippen LogP contribution >= 0.6 is 0 Å². The summed E-state index contributed by atoms with van der Waals surface area (Å²) < 4.78 is 45.1. The predicted molar refractivity (Wildman–Crippen MR) is 104 cm³/mol.